The average Bonchev–Trinajstić information content (AvgIpc) is 2.71. The summed E-state index contributed by atoms with van der Waals surface area (Å²) in [5, 5.41) is 0. The Bertz CT molecular complexity index is 931. The van der Waals surface area contributed by atoms with Gasteiger partial charge in [0.15, 0.2) is 0 Å². The third-order valence-electron chi connectivity index (χ3n) is 5.46. The summed E-state index contributed by atoms with van der Waals surface area (Å²) in [5.74, 6) is 0.357. The monoisotopic (exact) mass is 417 g/mol. The van der Waals surface area contributed by atoms with Crippen molar-refractivity contribution in [2.24, 2.45) is 4.99 Å². The minimum absolute atomic E-state index is 0.191. The number of nitrogens with zero attached hydrogens (tertiary/aromatic N) is 1. The molecule has 27 heavy (non-hydrogen) atoms. The third kappa shape index (κ3) is 4.22. The Morgan fingerprint density at radius 3 is 2.37 bits per heavy atom. The number of halogens is 1. The highest BCUT2D eigenvalue weighted by Crippen LogP contribution is 2.35. The third-order valence-corrected chi connectivity index (χ3v) is 5.95. The molecule has 4 rings (SSSR count). The first kappa shape index (κ1) is 18.2. The lowest BCUT2D eigenvalue weighted by Crippen LogP contribution is -2.23. The second-order valence-corrected chi connectivity index (χ2v) is 8.21. The summed E-state index contributed by atoms with van der Waals surface area (Å²) in [4.78, 5) is 5.21. The Balaban J connectivity index is 1.71. The number of hydrogen-bond donors (Lipinski definition) is 0. The quantitative estimate of drug-likeness (QED) is 0.436. The second-order valence-electron chi connectivity index (χ2n) is 7.29. The summed E-state index contributed by atoms with van der Waals surface area (Å²) in [6.45, 7) is 2.21. The molecule has 0 saturated heterocycles. The molecule has 1 nitrogen and oxygen atoms in total. The number of hydrogen-bond acceptors (Lipinski definition) is 1. The fourth-order valence-corrected chi connectivity index (χ4v) is 4.44. The smallest absolute Gasteiger partial charge is 0.0720 e. The number of rotatable bonds is 4. The van der Waals surface area contributed by atoms with Gasteiger partial charge in [-0.3, -0.25) is 4.99 Å². The normalized spacial score (nSPS) is 18.9. The van der Waals surface area contributed by atoms with Crippen LogP contribution in [0.3, 0.4) is 0 Å². The van der Waals surface area contributed by atoms with Crippen molar-refractivity contribution < 1.29 is 0 Å². The zero-order chi connectivity index (χ0) is 18.6. The molecular weight excluding hydrogens is 394 g/mol. The molecular formula is C25H24BrN. The molecule has 0 bridgehead atoms. The van der Waals surface area contributed by atoms with Gasteiger partial charge in [0, 0.05) is 16.1 Å². The topological polar surface area (TPSA) is 12.4 Å². The van der Waals surface area contributed by atoms with Crippen LogP contribution in [0.4, 0.5) is 0 Å². The van der Waals surface area contributed by atoms with Gasteiger partial charge < -0.3 is 0 Å². The molecule has 0 spiro atoms. The Kier molecular flexibility index (Phi) is 5.54. The fraction of sp³-hybridized carbons (Fsp3) is 0.240. The average molecular weight is 418 g/mol. The molecule has 2 heteroatoms. The van der Waals surface area contributed by atoms with E-state index in [-0.39, 0.29) is 6.04 Å². The molecule has 3 aromatic rings. The first-order valence-corrected chi connectivity index (χ1v) is 10.4. The van der Waals surface area contributed by atoms with Crippen molar-refractivity contribution >= 4 is 21.6 Å². The van der Waals surface area contributed by atoms with Gasteiger partial charge in [-0.05, 0) is 60.6 Å². The molecule has 0 amide bonds. The highest BCUT2D eigenvalue weighted by atomic mass is 79.9. The van der Waals surface area contributed by atoms with E-state index in [2.05, 4.69) is 102 Å². The lowest BCUT2D eigenvalue weighted by molar-refractivity contribution is 0.743. The van der Waals surface area contributed by atoms with Crippen molar-refractivity contribution in [1.82, 2.24) is 0 Å². The van der Waals surface area contributed by atoms with Crippen LogP contribution in [0.25, 0.3) is 0 Å². The SMILES string of the molecule is C[C@H](N=C1CCc2cc(Br)ccc2C1Cc1ccccc1)c1ccccc1. The minimum Gasteiger partial charge on any atom is -0.286 e. The molecule has 0 aliphatic heterocycles. The number of fused-ring (bicyclic) bond motifs is 1. The maximum Gasteiger partial charge on any atom is 0.0720 e. The first-order chi connectivity index (χ1) is 13.2. The van der Waals surface area contributed by atoms with E-state index in [0.717, 1.165) is 23.7 Å². The second kappa shape index (κ2) is 8.22. The maximum atomic E-state index is 5.21. The van der Waals surface area contributed by atoms with Crippen LogP contribution in [0.1, 0.15) is 47.6 Å². The minimum atomic E-state index is 0.191. The van der Waals surface area contributed by atoms with Gasteiger partial charge in [0.2, 0.25) is 0 Å². The van der Waals surface area contributed by atoms with Gasteiger partial charge in [-0.1, -0.05) is 82.7 Å². The van der Waals surface area contributed by atoms with Crippen LogP contribution >= 0.6 is 15.9 Å². The molecule has 0 fully saturated rings. The van der Waals surface area contributed by atoms with Gasteiger partial charge in [0.05, 0.1) is 6.04 Å². The molecule has 1 aliphatic rings. The van der Waals surface area contributed by atoms with Crippen LogP contribution in [0.2, 0.25) is 0 Å². The number of benzene rings is 3. The predicted molar refractivity (Wildman–Crippen MR) is 118 cm³/mol. The number of aryl methyl sites for hydroxylation is 1. The highest BCUT2D eigenvalue weighted by Gasteiger charge is 2.26. The Morgan fingerprint density at radius 1 is 0.926 bits per heavy atom. The summed E-state index contributed by atoms with van der Waals surface area (Å²) < 4.78 is 1.16. The van der Waals surface area contributed by atoms with Crippen molar-refractivity contribution in [2.75, 3.05) is 0 Å². The summed E-state index contributed by atoms with van der Waals surface area (Å²) in [6, 6.07) is 28.3. The van der Waals surface area contributed by atoms with Crippen LogP contribution in [0.5, 0.6) is 0 Å². The molecule has 0 aromatic heterocycles. The van der Waals surface area contributed by atoms with Crippen LogP contribution in [0, 0.1) is 0 Å². The molecule has 1 aliphatic carbocycles. The van der Waals surface area contributed by atoms with E-state index < -0.39 is 0 Å². The van der Waals surface area contributed by atoms with Gasteiger partial charge in [-0.2, -0.15) is 0 Å². The first-order valence-electron chi connectivity index (χ1n) is 9.64. The molecule has 0 radical (unpaired) electrons. The maximum absolute atomic E-state index is 5.21. The summed E-state index contributed by atoms with van der Waals surface area (Å²) in [7, 11) is 0. The zero-order valence-electron chi connectivity index (χ0n) is 15.6. The van der Waals surface area contributed by atoms with Gasteiger partial charge in [0.25, 0.3) is 0 Å². The lowest BCUT2D eigenvalue weighted by Gasteiger charge is -2.29. The van der Waals surface area contributed by atoms with Crippen LogP contribution in [-0.4, -0.2) is 5.71 Å². The molecule has 136 valence electrons. The molecule has 0 heterocycles. The largest absolute Gasteiger partial charge is 0.286 e. The summed E-state index contributed by atoms with van der Waals surface area (Å²) in [5.41, 5.74) is 6.89. The van der Waals surface area contributed by atoms with E-state index in [1.165, 1.54) is 28.0 Å². The van der Waals surface area contributed by atoms with Gasteiger partial charge in [-0.25, -0.2) is 0 Å². The molecule has 3 aromatic carbocycles. The van der Waals surface area contributed by atoms with Crippen molar-refractivity contribution in [3.8, 4) is 0 Å². The van der Waals surface area contributed by atoms with E-state index in [1.807, 2.05) is 0 Å². The van der Waals surface area contributed by atoms with E-state index in [1.54, 1.807) is 0 Å². The van der Waals surface area contributed by atoms with Crippen LogP contribution in [-0.2, 0) is 12.8 Å². The van der Waals surface area contributed by atoms with Crippen LogP contribution in [0.15, 0.2) is 88.3 Å². The van der Waals surface area contributed by atoms with E-state index in [4.69, 9.17) is 4.99 Å². The zero-order valence-corrected chi connectivity index (χ0v) is 17.2. The molecule has 2 atom stereocenters. The lowest BCUT2D eigenvalue weighted by atomic mass is 9.78. The van der Waals surface area contributed by atoms with E-state index >= 15 is 0 Å². The van der Waals surface area contributed by atoms with Crippen molar-refractivity contribution in [3.63, 3.8) is 0 Å². The van der Waals surface area contributed by atoms with Crippen molar-refractivity contribution in [3.05, 3.63) is 106 Å². The van der Waals surface area contributed by atoms with Gasteiger partial charge >= 0.3 is 0 Å². The number of aliphatic imine (C=N–C) groups is 1. The van der Waals surface area contributed by atoms with Crippen LogP contribution < -0.4 is 0 Å². The van der Waals surface area contributed by atoms with Crippen molar-refractivity contribution in [1.29, 1.82) is 0 Å². The summed E-state index contributed by atoms with van der Waals surface area (Å²) in [6.07, 6.45) is 3.12. The Hall–Kier alpha value is -2.19. The molecule has 0 saturated carbocycles. The van der Waals surface area contributed by atoms with E-state index in [9.17, 15) is 0 Å². The van der Waals surface area contributed by atoms with Gasteiger partial charge in [-0.15, -0.1) is 0 Å². The van der Waals surface area contributed by atoms with Crippen molar-refractivity contribution in [2.45, 2.75) is 38.1 Å². The Morgan fingerprint density at radius 2 is 1.63 bits per heavy atom. The van der Waals surface area contributed by atoms with E-state index in [0.29, 0.717) is 5.92 Å². The van der Waals surface area contributed by atoms with Gasteiger partial charge in [0.1, 0.15) is 0 Å². The highest BCUT2D eigenvalue weighted by molar-refractivity contribution is 9.10. The summed E-state index contributed by atoms with van der Waals surface area (Å²) >= 11 is 3.63. The fourth-order valence-electron chi connectivity index (χ4n) is 4.03. The Labute approximate surface area is 170 Å². The molecule has 1 unspecified atom stereocenters. The molecule has 0 N–H and O–H groups in total. The predicted octanol–water partition coefficient (Wildman–Crippen LogP) is 6.92. The standard InChI is InChI=1S/C25H24BrN/c1-18(20-10-6-3-7-11-20)27-25-15-12-21-17-22(26)13-14-23(21)24(25)16-19-8-4-2-5-9-19/h2-11,13-14,17-18,24H,12,15-16H2,1H3/t18-,24?/m0/s1.